The van der Waals surface area contributed by atoms with Gasteiger partial charge in [-0.05, 0) is 50.9 Å². The van der Waals surface area contributed by atoms with Gasteiger partial charge in [-0.25, -0.2) is 4.57 Å². The van der Waals surface area contributed by atoms with E-state index in [1.54, 1.807) is 24.3 Å². The Kier molecular flexibility index (Phi) is 32.4. The van der Waals surface area contributed by atoms with Crippen molar-refractivity contribution in [3.05, 3.63) is 36.5 Å². The van der Waals surface area contributed by atoms with Crippen molar-refractivity contribution >= 4 is 19.8 Å². The first-order valence-corrected chi connectivity index (χ1v) is 23.7. The zero-order valence-corrected chi connectivity index (χ0v) is 36.5. The van der Waals surface area contributed by atoms with Crippen LogP contribution in [0, 0.1) is 11.8 Å². The van der Waals surface area contributed by atoms with Crippen molar-refractivity contribution in [3.8, 4) is 0 Å². The van der Waals surface area contributed by atoms with Crippen molar-refractivity contribution in [1.82, 2.24) is 0 Å². The SMILES string of the molecule is CCCCCCCC/C=C\CCCCCCCCCC(=O)OC[C@H](COP(=O)(O)OC[C@@H](O)CO)OC(=O)C/C=C\C[C@H]1[C@@H](/C=C/[C@H](O)CCCCC)[C@H](O)C[C@@H]1O. The fraction of sp³-hybridized carbons (Fsp3) is 0.818. The molecular formula is C44H79O13P. The number of hydrogen-bond acceptors (Lipinski definition) is 12. The summed E-state index contributed by atoms with van der Waals surface area (Å²) < 4.78 is 32.7. The van der Waals surface area contributed by atoms with Gasteiger partial charge < -0.3 is 39.9 Å². The summed E-state index contributed by atoms with van der Waals surface area (Å²) in [5, 5.41) is 49.7. The van der Waals surface area contributed by atoms with Crippen molar-refractivity contribution in [2.45, 2.75) is 192 Å². The number of aliphatic hydroxyl groups is 5. The van der Waals surface area contributed by atoms with Gasteiger partial charge in [-0.15, -0.1) is 0 Å². The molecule has 0 radical (unpaired) electrons. The Morgan fingerprint density at radius 3 is 1.95 bits per heavy atom. The van der Waals surface area contributed by atoms with Crippen LogP contribution >= 0.6 is 7.82 Å². The summed E-state index contributed by atoms with van der Waals surface area (Å²) in [6.07, 6.45) is 28.1. The molecule has 13 nitrogen and oxygen atoms in total. The summed E-state index contributed by atoms with van der Waals surface area (Å²) in [7, 11) is -4.71. The summed E-state index contributed by atoms with van der Waals surface area (Å²) in [4.78, 5) is 35.3. The van der Waals surface area contributed by atoms with Crippen molar-refractivity contribution in [2.75, 3.05) is 26.4 Å². The van der Waals surface area contributed by atoms with Crippen molar-refractivity contribution < 1.29 is 63.1 Å². The van der Waals surface area contributed by atoms with Gasteiger partial charge in [-0.2, -0.15) is 0 Å². The number of esters is 2. The third kappa shape index (κ3) is 28.5. The molecule has 0 bridgehead atoms. The van der Waals surface area contributed by atoms with E-state index in [9.17, 15) is 39.5 Å². The molecule has 0 saturated heterocycles. The van der Waals surface area contributed by atoms with Gasteiger partial charge >= 0.3 is 19.8 Å². The molecule has 0 aliphatic heterocycles. The topological polar surface area (TPSA) is 210 Å². The highest BCUT2D eigenvalue weighted by Gasteiger charge is 2.39. The smallest absolute Gasteiger partial charge is 0.462 e. The Labute approximate surface area is 348 Å². The Morgan fingerprint density at radius 2 is 1.31 bits per heavy atom. The summed E-state index contributed by atoms with van der Waals surface area (Å²) in [5.74, 6) is -1.91. The van der Waals surface area contributed by atoms with Crippen LogP contribution in [-0.4, -0.2) is 99.3 Å². The van der Waals surface area contributed by atoms with Crippen molar-refractivity contribution in [2.24, 2.45) is 11.8 Å². The minimum atomic E-state index is -4.71. The number of carbonyl (C=O) groups excluding carboxylic acids is 2. The van der Waals surface area contributed by atoms with Crippen LogP contribution in [0.4, 0.5) is 0 Å². The van der Waals surface area contributed by atoms with Crippen LogP contribution in [0.25, 0.3) is 0 Å². The van der Waals surface area contributed by atoms with Gasteiger partial charge in [-0.3, -0.25) is 18.6 Å². The van der Waals surface area contributed by atoms with Crippen LogP contribution in [0.2, 0.25) is 0 Å². The normalized spacial score (nSPS) is 21.2. The molecule has 0 aromatic carbocycles. The Hall–Kier alpha value is -1.93. The molecule has 8 atom stereocenters. The van der Waals surface area contributed by atoms with E-state index in [1.807, 2.05) is 0 Å². The number of allylic oxidation sites excluding steroid dienone is 3. The molecule has 0 spiro atoms. The number of aliphatic hydroxyl groups excluding tert-OH is 5. The maximum absolute atomic E-state index is 12.8. The Balaban J connectivity index is 2.50. The second-order valence-electron chi connectivity index (χ2n) is 15.7. The van der Waals surface area contributed by atoms with Crippen LogP contribution in [0.5, 0.6) is 0 Å². The molecule has 0 aromatic heterocycles. The summed E-state index contributed by atoms with van der Waals surface area (Å²) in [6, 6.07) is 0. The monoisotopic (exact) mass is 847 g/mol. The lowest BCUT2D eigenvalue weighted by atomic mass is 9.89. The molecule has 1 unspecified atom stereocenters. The second-order valence-corrected chi connectivity index (χ2v) is 17.2. The largest absolute Gasteiger partial charge is 0.472 e. The van der Waals surface area contributed by atoms with E-state index in [2.05, 4.69) is 30.5 Å². The zero-order chi connectivity index (χ0) is 42.9. The summed E-state index contributed by atoms with van der Waals surface area (Å²) >= 11 is 0. The number of phosphoric acid groups is 1. The van der Waals surface area contributed by atoms with Gasteiger partial charge in [0.05, 0.1) is 44.6 Å². The standard InChI is InChI=1S/C44H79O13P/c1-3-5-7-8-9-10-11-12-13-14-15-16-17-18-19-20-22-27-43(50)54-34-38(35-56-58(52,53)55-33-37(47)32-45)57-44(51)28-24-23-26-39-40(42(49)31-41(39)48)30-29-36(46)25-21-6-4-2/h12-13,23-24,29-30,36-42,45-49H,3-11,14-22,25-28,31-35H2,1-2H3,(H,52,53)/b13-12-,24-23-,30-29+/t36-,37+,38-,39+,40-,41+,42-/m1/s1. The molecule has 58 heavy (non-hydrogen) atoms. The minimum absolute atomic E-state index is 0.171. The number of hydrogen-bond donors (Lipinski definition) is 6. The molecule has 338 valence electrons. The van der Waals surface area contributed by atoms with Crippen LogP contribution in [0.15, 0.2) is 36.5 Å². The maximum atomic E-state index is 12.8. The molecule has 0 aromatic rings. The predicted octanol–water partition coefficient (Wildman–Crippen LogP) is 7.94. The van der Waals surface area contributed by atoms with Gasteiger partial charge in [0.15, 0.2) is 6.10 Å². The van der Waals surface area contributed by atoms with E-state index in [0.29, 0.717) is 19.3 Å². The van der Waals surface area contributed by atoms with Gasteiger partial charge in [-0.1, -0.05) is 134 Å². The molecule has 1 rings (SSSR count). The molecule has 1 aliphatic carbocycles. The number of unbranched alkanes of at least 4 members (excludes halogenated alkanes) is 15. The fourth-order valence-corrected chi connectivity index (χ4v) is 7.63. The first-order chi connectivity index (χ1) is 27.9. The maximum Gasteiger partial charge on any atom is 0.472 e. The predicted molar refractivity (Wildman–Crippen MR) is 226 cm³/mol. The van der Waals surface area contributed by atoms with E-state index >= 15 is 0 Å². The number of ether oxygens (including phenoxy) is 2. The zero-order valence-electron chi connectivity index (χ0n) is 35.6. The lowest BCUT2D eigenvalue weighted by Gasteiger charge is -2.20. The lowest BCUT2D eigenvalue weighted by molar-refractivity contribution is -0.160. The van der Waals surface area contributed by atoms with Crippen LogP contribution in [-0.2, 0) is 32.7 Å². The van der Waals surface area contributed by atoms with E-state index in [-0.39, 0.29) is 31.1 Å². The molecule has 6 N–H and O–H groups in total. The molecule has 14 heteroatoms. The Bertz CT molecular complexity index is 1180. The average molecular weight is 847 g/mol. The highest BCUT2D eigenvalue weighted by atomic mass is 31.2. The highest BCUT2D eigenvalue weighted by Crippen LogP contribution is 2.43. The first kappa shape index (κ1) is 54.1. The van der Waals surface area contributed by atoms with Crippen molar-refractivity contribution in [1.29, 1.82) is 0 Å². The molecule has 0 amide bonds. The number of rotatable bonds is 37. The molecule has 1 aliphatic rings. The fourth-order valence-electron chi connectivity index (χ4n) is 6.84. The average Bonchev–Trinajstić information content (AvgIpc) is 3.47. The van der Waals surface area contributed by atoms with E-state index < -0.39 is 76.7 Å². The van der Waals surface area contributed by atoms with Crippen LogP contribution in [0.3, 0.4) is 0 Å². The summed E-state index contributed by atoms with van der Waals surface area (Å²) in [6.45, 7) is 1.89. The molecule has 1 saturated carbocycles. The van der Waals surface area contributed by atoms with Gasteiger partial charge in [0, 0.05) is 18.8 Å². The van der Waals surface area contributed by atoms with E-state index in [4.69, 9.17) is 19.1 Å². The third-order valence-corrected chi connectivity index (χ3v) is 11.3. The highest BCUT2D eigenvalue weighted by molar-refractivity contribution is 7.47. The second kappa shape index (κ2) is 34.7. The van der Waals surface area contributed by atoms with Crippen LogP contribution < -0.4 is 0 Å². The third-order valence-electron chi connectivity index (χ3n) is 10.4. The van der Waals surface area contributed by atoms with Gasteiger partial charge in [0.1, 0.15) is 12.7 Å². The van der Waals surface area contributed by atoms with Crippen molar-refractivity contribution in [3.63, 3.8) is 0 Å². The number of phosphoric ester groups is 1. The van der Waals surface area contributed by atoms with E-state index in [0.717, 1.165) is 51.4 Å². The summed E-state index contributed by atoms with van der Waals surface area (Å²) in [5.41, 5.74) is 0. The minimum Gasteiger partial charge on any atom is -0.462 e. The first-order valence-electron chi connectivity index (χ1n) is 22.2. The van der Waals surface area contributed by atoms with Gasteiger partial charge in [0.2, 0.25) is 0 Å². The molecular weight excluding hydrogens is 767 g/mol. The number of carbonyl (C=O) groups is 2. The Morgan fingerprint density at radius 1 is 0.724 bits per heavy atom. The molecule has 1 fully saturated rings. The molecule has 0 heterocycles. The van der Waals surface area contributed by atoms with E-state index in [1.165, 1.54) is 57.8 Å². The lowest BCUT2D eigenvalue weighted by Crippen LogP contribution is -2.29. The van der Waals surface area contributed by atoms with Crippen LogP contribution in [0.1, 0.15) is 162 Å². The quantitative estimate of drug-likeness (QED) is 0.0152. The van der Waals surface area contributed by atoms with Gasteiger partial charge in [0.25, 0.3) is 0 Å².